The van der Waals surface area contributed by atoms with Crippen LogP contribution >= 0.6 is 0 Å². The number of aliphatic hydroxyl groups is 1. The van der Waals surface area contributed by atoms with Gasteiger partial charge < -0.3 is 15.3 Å². The first-order valence-electron chi connectivity index (χ1n) is 8.19. The number of nitrogens with one attached hydrogen (secondary N) is 1. The molecule has 4 nitrogen and oxygen atoms in total. The molecule has 2 N–H and O–H groups in total. The van der Waals surface area contributed by atoms with Gasteiger partial charge in [-0.05, 0) is 49.1 Å². The Hall–Kier alpha value is -2.40. The van der Waals surface area contributed by atoms with E-state index in [1.807, 2.05) is 24.3 Å². The van der Waals surface area contributed by atoms with Crippen molar-refractivity contribution in [3.05, 3.63) is 59.9 Å². The Morgan fingerprint density at radius 3 is 2.62 bits per heavy atom. The highest BCUT2D eigenvalue weighted by Crippen LogP contribution is 2.30. The zero-order chi connectivity index (χ0) is 16.9. The molecule has 1 heterocycles. The Labute approximate surface area is 140 Å². The summed E-state index contributed by atoms with van der Waals surface area (Å²) < 4.78 is 13.3. The fourth-order valence-corrected chi connectivity index (χ4v) is 3.04. The number of hydrogen-bond donors (Lipinski definition) is 2. The van der Waals surface area contributed by atoms with E-state index < -0.39 is 5.82 Å². The highest BCUT2D eigenvalue weighted by Gasteiger charge is 2.21. The molecule has 0 bridgehead atoms. The molecule has 3 rings (SSSR count). The van der Waals surface area contributed by atoms with E-state index in [0.29, 0.717) is 17.2 Å². The van der Waals surface area contributed by atoms with Gasteiger partial charge in [-0.1, -0.05) is 18.2 Å². The second kappa shape index (κ2) is 7.45. The van der Waals surface area contributed by atoms with Gasteiger partial charge in [0.2, 0.25) is 0 Å². The Morgan fingerprint density at radius 1 is 1.17 bits per heavy atom. The standard InChI is InChI=1S/C19H21FN2O2/c20-16-5-3-4-15(12-16)19(24)21-17-6-1-2-7-18(17)22-10-8-14(13-23)9-11-22/h1-7,12,14,23H,8-11,13H2,(H,21,24). The maximum Gasteiger partial charge on any atom is 0.255 e. The SMILES string of the molecule is O=C(Nc1ccccc1N1CCC(CO)CC1)c1cccc(F)c1. The summed E-state index contributed by atoms with van der Waals surface area (Å²) in [5.41, 5.74) is 1.97. The minimum Gasteiger partial charge on any atom is -0.396 e. The predicted molar refractivity (Wildman–Crippen MR) is 92.8 cm³/mol. The van der Waals surface area contributed by atoms with E-state index in [4.69, 9.17) is 0 Å². The van der Waals surface area contributed by atoms with E-state index >= 15 is 0 Å². The van der Waals surface area contributed by atoms with E-state index in [1.54, 1.807) is 6.07 Å². The number of anilines is 2. The smallest absolute Gasteiger partial charge is 0.255 e. The normalized spacial score (nSPS) is 15.3. The third-order valence-corrected chi connectivity index (χ3v) is 4.45. The lowest BCUT2D eigenvalue weighted by Crippen LogP contribution is -2.35. The number of hydrogen-bond acceptors (Lipinski definition) is 3. The average molecular weight is 328 g/mol. The lowest BCUT2D eigenvalue weighted by atomic mass is 9.97. The van der Waals surface area contributed by atoms with Crippen LogP contribution in [0.3, 0.4) is 0 Å². The highest BCUT2D eigenvalue weighted by molar-refractivity contribution is 6.05. The lowest BCUT2D eigenvalue weighted by molar-refractivity contribution is 0.102. The molecule has 5 heteroatoms. The third kappa shape index (κ3) is 3.74. The van der Waals surface area contributed by atoms with Gasteiger partial charge in [-0.2, -0.15) is 0 Å². The summed E-state index contributed by atoms with van der Waals surface area (Å²) in [5, 5.41) is 12.1. The van der Waals surface area contributed by atoms with Crippen LogP contribution in [0.1, 0.15) is 23.2 Å². The van der Waals surface area contributed by atoms with Crippen molar-refractivity contribution in [3.63, 3.8) is 0 Å². The molecule has 0 unspecified atom stereocenters. The maximum absolute atomic E-state index is 13.3. The van der Waals surface area contributed by atoms with Gasteiger partial charge in [0.25, 0.3) is 5.91 Å². The first-order valence-corrected chi connectivity index (χ1v) is 8.19. The Balaban J connectivity index is 1.76. The Kier molecular flexibility index (Phi) is 5.11. The summed E-state index contributed by atoms with van der Waals surface area (Å²) >= 11 is 0. The number of benzene rings is 2. The number of para-hydroxylation sites is 2. The summed E-state index contributed by atoms with van der Waals surface area (Å²) in [4.78, 5) is 14.6. The molecule has 126 valence electrons. The number of piperidine rings is 1. The van der Waals surface area contributed by atoms with Crippen molar-refractivity contribution >= 4 is 17.3 Å². The fourth-order valence-electron chi connectivity index (χ4n) is 3.04. The second-order valence-electron chi connectivity index (χ2n) is 6.09. The molecule has 2 aromatic carbocycles. The Morgan fingerprint density at radius 2 is 1.92 bits per heavy atom. The van der Waals surface area contributed by atoms with Gasteiger partial charge in [-0.3, -0.25) is 4.79 Å². The molecule has 1 saturated heterocycles. The Bertz CT molecular complexity index is 712. The van der Waals surface area contributed by atoms with Gasteiger partial charge in [0.1, 0.15) is 5.82 Å². The first kappa shape index (κ1) is 16.5. The zero-order valence-electron chi connectivity index (χ0n) is 13.4. The summed E-state index contributed by atoms with van der Waals surface area (Å²) in [6.45, 7) is 1.92. The minimum absolute atomic E-state index is 0.228. The van der Waals surface area contributed by atoms with Gasteiger partial charge in [-0.25, -0.2) is 4.39 Å². The number of carbonyl (C=O) groups excluding carboxylic acids is 1. The molecular formula is C19H21FN2O2. The molecule has 1 fully saturated rings. The number of carbonyl (C=O) groups is 1. The topological polar surface area (TPSA) is 52.6 Å². The van der Waals surface area contributed by atoms with Crippen molar-refractivity contribution in [3.8, 4) is 0 Å². The van der Waals surface area contributed by atoms with Gasteiger partial charge in [0.15, 0.2) is 0 Å². The van der Waals surface area contributed by atoms with Crippen LogP contribution in [-0.4, -0.2) is 30.7 Å². The molecule has 24 heavy (non-hydrogen) atoms. The van der Waals surface area contributed by atoms with Crippen molar-refractivity contribution in [1.82, 2.24) is 0 Å². The molecular weight excluding hydrogens is 307 g/mol. The zero-order valence-corrected chi connectivity index (χ0v) is 13.4. The number of rotatable bonds is 4. The quantitative estimate of drug-likeness (QED) is 0.905. The summed E-state index contributed by atoms with van der Waals surface area (Å²) in [7, 11) is 0. The van der Waals surface area contributed by atoms with E-state index in [2.05, 4.69) is 10.2 Å². The molecule has 1 amide bonds. The van der Waals surface area contributed by atoms with Gasteiger partial charge >= 0.3 is 0 Å². The number of halogens is 1. The van der Waals surface area contributed by atoms with Crippen LogP contribution in [0.15, 0.2) is 48.5 Å². The lowest BCUT2D eigenvalue weighted by Gasteiger charge is -2.34. The van der Waals surface area contributed by atoms with E-state index in [9.17, 15) is 14.3 Å². The molecule has 1 aliphatic heterocycles. The van der Waals surface area contributed by atoms with Crippen molar-refractivity contribution < 1.29 is 14.3 Å². The number of nitrogens with zero attached hydrogens (tertiary/aromatic N) is 1. The number of amides is 1. The monoisotopic (exact) mass is 328 g/mol. The van der Waals surface area contributed by atoms with Crippen molar-refractivity contribution in [1.29, 1.82) is 0 Å². The minimum atomic E-state index is -0.429. The first-order chi connectivity index (χ1) is 11.7. The molecule has 0 aliphatic carbocycles. The van der Waals surface area contributed by atoms with Crippen LogP contribution in [0.2, 0.25) is 0 Å². The average Bonchev–Trinajstić information content (AvgIpc) is 2.62. The highest BCUT2D eigenvalue weighted by atomic mass is 19.1. The largest absolute Gasteiger partial charge is 0.396 e. The van der Waals surface area contributed by atoms with Crippen molar-refractivity contribution in [2.45, 2.75) is 12.8 Å². The van der Waals surface area contributed by atoms with Crippen LogP contribution < -0.4 is 10.2 Å². The second-order valence-corrected chi connectivity index (χ2v) is 6.09. The third-order valence-electron chi connectivity index (χ3n) is 4.45. The molecule has 0 aromatic heterocycles. The molecule has 0 spiro atoms. The fraction of sp³-hybridized carbons (Fsp3) is 0.316. The van der Waals surface area contributed by atoms with Gasteiger partial charge in [0, 0.05) is 25.3 Å². The molecule has 0 radical (unpaired) electrons. The van der Waals surface area contributed by atoms with Crippen molar-refractivity contribution in [2.24, 2.45) is 5.92 Å². The van der Waals surface area contributed by atoms with E-state index in [-0.39, 0.29) is 12.5 Å². The molecule has 1 aliphatic rings. The maximum atomic E-state index is 13.3. The predicted octanol–water partition coefficient (Wildman–Crippen LogP) is 3.29. The van der Waals surface area contributed by atoms with Crippen LogP contribution in [-0.2, 0) is 0 Å². The summed E-state index contributed by atoms with van der Waals surface area (Å²) in [6.07, 6.45) is 1.87. The van der Waals surface area contributed by atoms with E-state index in [0.717, 1.165) is 31.6 Å². The van der Waals surface area contributed by atoms with Gasteiger partial charge in [0.05, 0.1) is 11.4 Å². The van der Waals surface area contributed by atoms with E-state index in [1.165, 1.54) is 18.2 Å². The molecule has 0 atom stereocenters. The summed E-state index contributed by atoms with van der Waals surface area (Å²) in [5.74, 6) is -0.399. The molecule has 2 aromatic rings. The van der Waals surface area contributed by atoms with Crippen LogP contribution in [0, 0.1) is 11.7 Å². The molecule has 0 saturated carbocycles. The van der Waals surface area contributed by atoms with Crippen LogP contribution in [0.5, 0.6) is 0 Å². The van der Waals surface area contributed by atoms with Crippen LogP contribution in [0.25, 0.3) is 0 Å². The van der Waals surface area contributed by atoms with Gasteiger partial charge in [-0.15, -0.1) is 0 Å². The van der Waals surface area contributed by atoms with Crippen molar-refractivity contribution in [2.75, 3.05) is 29.9 Å². The summed E-state index contributed by atoms with van der Waals surface area (Å²) in [6, 6.07) is 13.3. The van der Waals surface area contributed by atoms with Crippen LogP contribution in [0.4, 0.5) is 15.8 Å². The number of aliphatic hydroxyl groups excluding tert-OH is 1.